The van der Waals surface area contributed by atoms with Crippen LogP contribution in [0.4, 0.5) is 0 Å². The van der Waals surface area contributed by atoms with Crippen molar-refractivity contribution in [3.8, 4) is 0 Å². The summed E-state index contributed by atoms with van der Waals surface area (Å²) >= 11 is 0. The number of aliphatic hydroxyl groups excluding tert-OH is 1. The van der Waals surface area contributed by atoms with Gasteiger partial charge in [-0.15, -0.1) is 0 Å². The summed E-state index contributed by atoms with van der Waals surface area (Å²) in [5.41, 5.74) is 1.48. The fourth-order valence-electron chi connectivity index (χ4n) is 1.44. The zero-order chi connectivity index (χ0) is 9.14. The number of allylic oxidation sites excluding steroid dienone is 2. The average Bonchev–Trinajstić information content (AvgIpc) is 2.04. The van der Waals surface area contributed by atoms with Gasteiger partial charge in [0.15, 0.2) is 5.78 Å². The monoisotopic (exact) mass is 166 g/mol. The van der Waals surface area contributed by atoms with Crippen LogP contribution < -0.4 is 0 Å². The van der Waals surface area contributed by atoms with E-state index in [0.29, 0.717) is 5.57 Å². The quantitative estimate of drug-likeness (QED) is 0.676. The van der Waals surface area contributed by atoms with E-state index >= 15 is 0 Å². The van der Waals surface area contributed by atoms with E-state index in [1.165, 1.54) is 6.92 Å². The van der Waals surface area contributed by atoms with Gasteiger partial charge >= 0.3 is 0 Å². The molecule has 0 saturated carbocycles. The van der Waals surface area contributed by atoms with Crippen LogP contribution in [-0.4, -0.2) is 17.0 Å². The van der Waals surface area contributed by atoms with E-state index in [0.717, 1.165) is 18.4 Å². The smallest absolute Gasteiger partial charge is 0.159 e. The first-order valence-electron chi connectivity index (χ1n) is 4.22. The predicted molar refractivity (Wildman–Crippen MR) is 47.8 cm³/mol. The van der Waals surface area contributed by atoms with Crippen molar-refractivity contribution >= 4 is 5.78 Å². The normalized spacial score (nSPS) is 19.6. The van der Waals surface area contributed by atoms with Crippen LogP contribution in [0.5, 0.6) is 0 Å². The standard InChI is InChI=1S/C10H14O2/c1-7(11)9-5-3-4-6-10(9)8(2)12/h5-7,11H,3-4H2,1-2H3. The van der Waals surface area contributed by atoms with Gasteiger partial charge in [0.25, 0.3) is 0 Å². The Balaban J connectivity index is 2.90. The molecule has 0 bridgehead atoms. The Kier molecular flexibility index (Phi) is 2.82. The Bertz CT molecular complexity index is 247. The molecule has 1 rings (SSSR count). The molecular formula is C10H14O2. The molecule has 2 nitrogen and oxygen atoms in total. The molecule has 0 saturated heterocycles. The Morgan fingerprint density at radius 1 is 1.50 bits per heavy atom. The maximum Gasteiger partial charge on any atom is 0.159 e. The molecule has 0 amide bonds. The van der Waals surface area contributed by atoms with Crippen molar-refractivity contribution in [2.75, 3.05) is 0 Å². The first kappa shape index (κ1) is 9.20. The maximum absolute atomic E-state index is 11.1. The van der Waals surface area contributed by atoms with Crippen LogP contribution in [0.3, 0.4) is 0 Å². The largest absolute Gasteiger partial charge is 0.389 e. The zero-order valence-electron chi connectivity index (χ0n) is 7.50. The number of carbonyl (C=O) groups is 1. The molecule has 0 aliphatic heterocycles. The summed E-state index contributed by atoms with van der Waals surface area (Å²) < 4.78 is 0. The third-order valence-corrected chi connectivity index (χ3v) is 2.02. The molecule has 2 heteroatoms. The second-order valence-corrected chi connectivity index (χ2v) is 3.09. The summed E-state index contributed by atoms with van der Waals surface area (Å²) in [6.07, 6.45) is 5.16. The molecule has 1 atom stereocenters. The second-order valence-electron chi connectivity index (χ2n) is 3.09. The van der Waals surface area contributed by atoms with Crippen molar-refractivity contribution < 1.29 is 9.90 Å². The van der Waals surface area contributed by atoms with Gasteiger partial charge in [0.1, 0.15) is 0 Å². The molecule has 12 heavy (non-hydrogen) atoms. The SMILES string of the molecule is CC(=O)C1=CCCC=C1C(C)O. The fraction of sp³-hybridized carbons (Fsp3) is 0.500. The number of rotatable bonds is 2. The van der Waals surface area contributed by atoms with Crippen LogP contribution >= 0.6 is 0 Å². The molecule has 1 aliphatic rings. The van der Waals surface area contributed by atoms with E-state index in [1.54, 1.807) is 6.92 Å². The molecule has 0 fully saturated rings. The molecule has 0 aromatic rings. The molecular weight excluding hydrogens is 152 g/mol. The highest BCUT2D eigenvalue weighted by Gasteiger charge is 2.16. The Labute approximate surface area is 72.6 Å². The van der Waals surface area contributed by atoms with Gasteiger partial charge in [-0.25, -0.2) is 0 Å². The number of hydrogen-bond donors (Lipinski definition) is 1. The molecule has 0 aromatic heterocycles. The molecule has 1 unspecified atom stereocenters. The van der Waals surface area contributed by atoms with E-state index in [9.17, 15) is 9.90 Å². The molecule has 0 aromatic carbocycles. The van der Waals surface area contributed by atoms with Gasteiger partial charge in [0.2, 0.25) is 0 Å². The fourth-order valence-corrected chi connectivity index (χ4v) is 1.44. The van der Waals surface area contributed by atoms with E-state index in [2.05, 4.69) is 0 Å². The van der Waals surface area contributed by atoms with Crippen molar-refractivity contribution in [3.63, 3.8) is 0 Å². The topological polar surface area (TPSA) is 37.3 Å². The summed E-state index contributed by atoms with van der Waals surface area (Å²) in [7, 11) is 0. The first-order valence-corrected chi connectivity index (χ1v) is 4.22. The Hall–Kier alpha value is -0.890. The lowest BCUT2D eigenvalue weighted by molar-refractivity contribution is -0.113. The maximum atomic E-state index is 11.1. The second kappa shape index (κ2) is 3.68. The Morgan fingerprint density at radius 2 is 2.08 bits per heavy atom. The number of Topliss-reactive ketones (excluding diaryl/α,β-unsaturated/α-hetero) is 1. The van der Waals surface area contributed by atoms with Gasteiger partial charge < -0.3 is 5.11 Å². The van der Waals surface area contributed by atoms with Crippen LogP contribution in [0.15, 0.2) is 23.3 Å². The average molecular weight is 166 g/mol. The van der Waals surface area contributed by atoms with Crippen molar-refractivity contribution in [3.05, 3.63) is 23.3 Å². The van der Waals surface area contributed by atoms with Gasteiger partial charge in [0, 0.05) is 5.57 Å². The predicted octanol–water partition coefficient (Wildman–Crippen LogP) is 1.60. The van der Waals surface area contributed by atoms with E-state index in [1.807, 2.05) is 12.2 Å². The minimum atomic E-state index is -0.527. The van der Waals surface area contributed by atoms with Crippen molar-refractivity contribution in [2.24, 2.45) is 0 Å². The van der Waals surface area contributed by atoms with Gasteiger partial charge in [-0.05, 0) is 32.3 Å². The van der Waals surface area contributed by atoms with Crippen LogP contribution in [0.2, 0.25) is 0 Å². The Morgan fingerprint density at radius 3 is 2.50 bits per heavy atom. The molecule has 66 valence electrons. The third-order valence-electron chi connectivity index (χ3n) is 2.02. The molecule has 0 spiro atoms. The number of carbonyl (C=O) groups excluding carboxylic acids is 1. The highest BCUT2D eigenvalue weighted by atomic mass is 16.3. The number of hydrogen-bond acceptors (Lipinski definition) is 2. The van der Waals surface area contributed by atoms with E-state index < -0.39 is 6.10 Å². The van der Waals surface area contributed by atoms with Crippen LogP contribution in [0.1, 0.15) is 26.7 Å². The van der Waals surface area contributed by atoms with Gasteiger partial charge in [-0.3, -0.25) is 4.79 Å². The lowest BCUT2D eigenvalue weighted by atomic mass is 9.92. The molecule has 0 heterocycles. The summed E-state index contributed by atoms with van der Waals surface area (Å²) in [5.74, 6) is 0.0434. The zero-order valence-corrected chi connectivity index (χ0v) is 7.50. The molecule has 1 N–H and O–H groups in total. The summed E-state index contributed by atoms with van der Waals surface area (Å²) in [4.78, 5) is 11.1. The molecule has 0 radical (unpaired) electrons. The number of ketones is 1. The summed E-state index contributed by atoms with van der Waals surface area (Å²) in [6.45, 7) is 3.22. The highest BCUT2D eigenvalue weighted by Crippen LogP contribution is 2.22. The summed E-state index contributed by atoms with van der Waals surface area (Å²) in [6, 6.07) is 0. The van der Waals surface area contributed by atoms with Crippen molar-refractivity contribution in [1.29, 1.82) is 0 Å². The van der Waals surface area contributed by atoms with Gasteiger partial charge in [0.05, 0.1) is 6.10 Å². The van der Waals surface area contributed by atoms with Gasteiger partial charge in [-0.2, -0.15) is 0 Å². The van der Waals surface area contributed by atoms with Gasteiger partial charge in [-0.1, -0.05) is 12.2 Å². The highest BCUT2D eigenvalue weighted by molar-refractivity contribution is 5.98. The van der Waals surface area contributed by atoms with Crippen LogP contribution in [0.25, 0.3) is 0 Å². The minimum absolute atomic E-state index is 0.0434. The lowest BCUT2D eigenvalue weighted by Gasteiger charge is -2.16. The van der Waals surface area contributed by atoms with E-state index in [4.69, 9.17) is 0 Å². The molecule has 1 aliphatic carbocycles. The van der Waals surface area contributed by atoms with Crippen molar-refractivity contribution in [2.45, 2.75) is 32.8 Å². The van der Waals surface area contributed by atoms with Crippen LogP contribution in [0, 0.1) is 0 Å². The van der Waals surface area contributed by atoms with Crippen LogP contribution in [-0.2, 0) is 4.79 Å². The minimum Gasteiger partial charge on any atom is -0.389 e. The first-order chi connectivity index (χ1) is 5.63. The van der Waals surface area contributed by atoms with Crippen molar-refractivity contribution in [1.82, 2.24) is 0 Å². The summed E-state index contributed by atoms with van der Waals surface area (Å²) in [5, 5.41) is 9.34. The van der Waals surface area contributed by atoms with E-state index in [-0.39, 0.29) is 5.78 Å². The lowest BCUT2D eigenvalue weighted by Crippen LogP contribution is -2.13. The number of aliphatic hydroxyl groups is 1. The third kappa shape index (κ3) is 1.83.